The van der Waals surface area contributed by atoms with Gasteiger partial charge in [-0.25, -0.2) is 0 Å². The zero-order chi connectivity index (χ0) is 12.0. The zero-order valence-corrected chi connectivity index (χ0v) is 10.8. The largest absolute Gasteiger partial charge is 0.495 e. The highest BCUT2D eigenvalue weighted by Crippen LogP contribution is 2.25. The van der Waals surface area contributed by atoms with Crippen LogP contribution in [-0.4, -0.2) is 28.7 Å². The number of ether oxygens (including phenoxy) is 1. The van der Waals surface area contributed by atoms with E-state index in [9.17, 15) is 5.11 Å². The van der Waals surface area contributed by atoms with Gasteiger partial charge in [-0.2, -0.15) is 11.8 Å². The number of nitrogens with zero attached hydrogens (tertiary/aromatic N) is 1. The average molecular weight is 241 g/mol. The molecule has 0 aliphatic rings. The minimum Gasteiger partial charge on any atom is -0.495 e. The summed E-state index contributed by atoms with van der Waals surface area (Å²) in [6.07, 6.45) is 1.12. The first kappa shape index (κ1) is 13.3. The summed E-state index contributed by atoms with van der Waals surface area (Å²) < 4.78 is 5.16. The summed E-state index contributed by atoms with van der Waals surface area (Å²) in [4.78, 5) is 4.16. The summed E-state index contributed by atoms with van der Waals surface area (Å²) >= 11 is 1.74. The molecule has 1 heterocycles. The van der Waals surface area contributed by atoms with Crippen LogP contribution in [0, 0.1) is 5.92 Å². The minimum absolute atomic E-state index is 0.556. The molecule has 1 unspecified atom stereocenters. The molecule has 0 amide bonds. The number of hydrogen-bond acceptors (Lipinski definition) is 4. The maximum Gasteiger partial charge on any atom is 0.143 e. The lowest BCUT2D eigenvalue weighted by molar-refractivity contribution is 0.193. The third kappa shape index (κ3) is 4.02. The van der Waals surface area contributed by atoms with Crippen LogP contribution in [0.5, 0.6) is 5.75 Å². The van der Waals surface area contributed by atoms with E-state index in [0.29, 0.717) is 23.1 Å². The van der Waals surface area contributed by atoms with Gasteiger partial charge in [0, 0.05) is 11.9 Å². The lowest BCUT2D eigenvalue weighted by Crippen LogP contribution is -2.06. The summed E-state index contributed by atoms with van der Waals surface area (Å²) in [6.45, 7) is 4.33. The van der Waals surface area contributed by atoms with Crippen molar-refractivity contribution in [2.24, 2.45) is 5.92 Å². The fourth-order valence-electron chi connectivity index (χ4n) is 1.32. The van der Waals surface area contributed by atoms with Crippen molar-refractivity contribution in [2.75, 3.05) is 18.6 Å². The van der Waals surface area contributed by atoms with Crippen LogP contribution in [-0.2, 0) is 0 Å². The van der Waals surface area contributed by atoms with Crippen LogP contribution in [0.25, 0.3) is 0 Å². The number of aromatic nitrogens is 1. The van der Waals surface area contributed by atoms with Crippen molar-refractivity contribution in [3.05, 3.63) is 24.0 Å². The Bertz CT molecular complexity index is 318. The average Bonchev–Trinajstić information content (AvgIpc) is 2.28. The standard InChI is InChI=1S/C12H19NO2S/c1-9(2)7-16-8-10(14)12-11(15-3)5-4-6-13-12/h4-6,9-10,14H,7-8H2,1-3H3. The molecular weight excluding hydrogens is 222 g/mol. The first-order valence-electron chi connectivity index (χ1n) is 5.39. The smallest absolute Gasteiger partial charge is 0.143 e. The Labute approximate surface area is 101 Å². The molecule has 1 aromatic heterocycles. The normalized spacial score (nSPS) is 12.8. The molecule has 0 saturated heterocycles. The van der Waals surface area contributed by atoms with Gasteiger partial charge >= 0.3 is 0 Å². The van der Waals surface area contributed by atoms with Gasteiger partial charge < -0.3 is 9.84 Å². The van der Waals surface area contributed by atoms with Gasteiger partial charge in [-0.3, -0.25) is 4.98 Å². The summed E-state index contributed by atoms with van der Waals surface area (Å²) in [5, 5.41) is 9.98. The number of aliphatic hydroxyl groups excluding tert-OH is 1. The fraction of sp³-hybridized carbons (Fsp3) is 0.583. The summed E-state index contributed by atoms with van der Waals surface area (Å²) in [6, 6.07) is 3.62. The molecule has 0 saturated carbocycles. The molecule has 0 fully saturated rings. The van der Waals surface area contributed by atoms with Gasteiger partial charge in [0.25, 0.3) is 0 Å². The van der Waals surface area contributed by atoms with Crippen molar-refractivity contribution in [3.8, 4) is 5.75 Å². The Morgan fingerprint density at radius 3 is 2.81 bits per heavy atom. The number of thioether (sulfide) groups is 1. The van der Waals surface area contributed by atoms with E-state index in [0.717, 1.165) is 5.75 Å². The monoisotopic (exact) mass is 241 g/mol. The van der Waals surface area contributed by atoms with E-state index in [2.05, 4.69) is 18.8 Å². The second kappa shape index (κ2) is 6.76. The first-order chi connectivity index (χ1) is 7.65. The second-order valence-corrected chi connectivity index (χ2v) is 5.11. The molecule has 0 aromatic carbocycles. The van der Waals surface area contributed by atoms with Gasteiger partial charge in [0.1, 0.15) is 17.5 Å². The number of methoxy groups -OCH3 is 1. The minimum atomic E-state index is -0.556. The van der Waals surface area contributed by atoms with Crippen LogP contribution in [0.1, 0.15) is 25.6 Å². The molecule has 3 nitrogen and oxygen atoms in total. The van der Waals surface area contributed by atoms with Crippen LogP contribution >= 0.6 is 11.8 Å². The van der Waals surface area contributed by atoms with Crippen molar-refractivity contribution in [3.63, 3.8) is 0 Å². The molecule has 1 rings (SSSR count). The Morgan fingerprint density at radius 2 is 2.19 bits per heavy atom. The molecular formula is C12H19NO2S. The highest BCUT2D eigenvalue weighted by atomic mass is 32.2. The number of rotatable bonds is 6. The lowest BCUT2D eigenvalue weighted by Gasteiger charge is -2.13. The first-order valence-corrected chi connectivity index (χ1v) is 6.55. The van der Waals surface area contributed by atoms with E-state index in [-0.39, 0.29) is 0 Å². The number of pyridine rings is 1. The van der Waals surface area contributed by atoms with Crippen LogP contribution in [0.2, 0.25) is 0 Å². The topological polar surface area (TPSA) is 42.4 Å². The SMILES string of the molecule is COc1cccnc1C(O)CSCC(C)C. The molecule has 0 bridgehead atoms. The van der Waals surface area contributed by atoms with E-state index in [1.54, 1.807) is 31.1 Å². The summed E-state index contributed by atoms with van der Waals surface area (Å²) in [5.74, 6) is 3.00. The van der Waals surface area contributed by atoms with E-state index >= 15 is 0 Å². The van der Waals surface area contributed by atoms with Crippen LogP contribution < -0.4 is 4.74 Å². The van der Waals surface area contributed by atoms with Crippen molar-refractivity contribution in [1.29, 1.82) is 0 Å². The van der Waals surface area contributed by atoms with Gasteiger partial charge in [0.05, 0.1) is 7.11 Å². The molecule has 16 heavy (non-hydrogen) atoms. The van der Waals surface area contributed by atoms with Gasteiger partial charge in [-0.15, -0.1) is 0 Å². The Kier molecular flexibility index (Phi) is 5.63. The zero-order valence-electron chi connectivity index (χ0n) is 10.0. The Balaban J connectivity index is 2.55. The lowest BCUT2D eigenvalue weighted by atomic mass is 10.2. The molecule has 1 atom stereocenters. The summed E-state index contributed by atoms with van der Waals surface area (Å²) in [7, 11) is 1.59. The molecule has 0 aliphatic carbocycles. The van der Waals surface area contributed by atoms with Gasteiger partial charge in [0.2, 0.25) is 0 Å². The van der Waals surface area contributed by atoms with Crippen LogP contribution in [0.3, 0.4) is 0 Å². The van der Waals surface area contributed by atoms with Gasteiger partial charge in [-0.1, -0.05) is 13.8 Å². The van der Waals surface area contributed by atoms with Crippen LogP contribution in [0.4, 0.5) is 0 Å². The molecule has 4 heteroatoms. The van der Waals surface area contributed by atoms with Gasteiger partial charge in [0.15, 0.2) is 0 Å². The van der Waals surface area contributed by atoms with Gasteiger partial charge in [-0.05, 0) is 23.8 Å². The molecule has 1 aromatic rings. The highest BCUT2D eigenvalue weighted by molar-refractivity contribution is 7.99. The quantitative estimate of drug-likeness (QED) is 0.831. The van der Waals surface area contributed by atoms with E-state index in [1.165, 1.54) is 0 Å². The summed E-state index contributed by atoms with van der Waals surface area (Å²) in [5.41, 5.74) is 0.626. The fourth-order valence-corrected chi connectivity index (χ4v) is 2.31. The predicted molar refractivity (Wildman–Crippen MR) is 67.9 cm³/mol. The third-order valence-corrected chi connectivity index (χ3v) is 3.52. The van der Waals surface area contributed by atoms with Crippen molar-refractivity contribution < 1.29 is 9.84 Å². The molecule has 0 aliphatic heterocycles. The van der Waals surface area contributed by atoms with Crippen molar-refractivity contribution in [2.45, 2.75) is 20.0 Å². The molecule has 0 radical (unpaired) electrons. The second-order valence-electron chi connectivity index (χ2n) is 4.04. The van der Waals surface area contributed by atoms with E-state index in [4.69, 9.17) is 4.74 Å². The Morgan fingerprint density at radius 1 is 1.44 bits per heavy atom. The predicted octanol–water partition coefficient (Wildman–Crippen LogP) is 2.51. The third-order valence-electron chi connectivity index (χ3n) is 2.06. The highest BCUT2D eigenvalue weighted by Gasteiger charge is 2.14. The maximum absolute atomic E-state index is 9.98. The maximum atomic E-state index is 9.98. The molecule has 1 N–H and O–H groups in total. The van der Waals surface area contributed by atoms with Crippen LogP contribution in [0.15, 0.2) is 18.3 Å². The Hall–Kier alpha value is -0.740. The molecule has 90 valence electrons. The van der Waals surface area contributed by atoms with E-state index < -0.39 is 6.10 Å². The molecule has 0 spiro atoms. The van der Waals surface area contributed by atoms with E-state index in [1.807, 2.05) is 6.07 Å². The van der Waals surface area contributed by atoms with Crippen molar-refractivity contribution >= 4 is 11.8 Å². The number of aliphatic hydroxyl groups is 1. The number of hydrogen-bond donors (Lipinski definition) is 1. The van der Waals surface area contributed by atoms with Crippen molar-refractivity contribution in [1.82, 2.24) is 4.98 Å².